The summed E-state index contributed by atoms with van der Waals surface area (Å²) in [5.74, 6) is 1.11. The average Bonchev–Trinajstić information content (AvgIpc) is 2.89. The Kier molecular flexibility index (Phi) is 4.99. The van der Waals surface area contributed by atoms with Crippen molar-refractivity contribution in [1.29, 1.82) is 5.26 Å². The van der Waals surface area contributed by atoms with Crippen LogP contribution in [0.15, 0.2) is 18.2 Å². The van der Waals surface area contributed by atoms with Gasteiger partial charge in [-0.2, -0.15) is 5.26 Å². The molecule has 1 aliphatic rings. The van der Waals surface area contributed by atoms with Crippen molar-refractivity contribution in [2.45, 2.75) is 25.8 Å². The fourth-order valence-corrected chi connectivity index (χ4v) is 3.19. The van der Waals surface area contributed by atoms with E-state index >= 15 is 0 Å². The van der Waals surface area contributed by atoms with Crippen molar-refractivity contribution in [2.75, 3.05) is 26.7 Å². The second-order valence-electron chi connectivity index (χ2n) is 5.34. The maximum atomic E-state index is 9.24. The van der Waals surface area contributed by atoms with Crippen LogP contribution in [0.2, 0.25) is 0 Å². The van der Waals surface area contributed by atoms with Gasteiger partial charge in [0.25, 0.3) is 0 Å². The number of ether oxygens (including phenoxy) is 1. The molecule has 20 heavy (non-hydrogen) atoms. The van der Waals surface area contributed by atoms with E-state index in [1.165, 1.54) is 5.56 Å². The quantitative estimate of drug-likeness (QED) is 0.894. The topological polar surface area (TPSA) is 62.3 Å². The summed E-state index contributed by atoms with van der Waals surface area (Å²) in [6.07, 6.45) is 2.27. The van der Waals surface area contributed by atoms with Gasteiger partial charge in [0.2, 0.25) is 0 Å². The first-order chi connectivity index (χ1) is 9.74. The molecular formula is C16H23N3O. The zero-order valence-corrected chi connectivity index (χ0v) is 12.3. The molecule has 0 saturated carbocycles. The first-order valence-electron chi connectivity index (χ1n) is 7.27. The van der Waals surface area contributed by atoms with Crippen LogP contribution in [-0.4, -0.2) is 31.6 Å². The molecule has 4 heteroatoms. The Balaban J connectivity index is 2.34. The molecule has 0 amide bonds. The van der Waals surface area contributed by atoms with Crippen molar-refractivity contribution in [2.24, 2.45) is 11.7 Å². The standard InChI is InChI=1S/C16H23N3O/c1-3-7-19-8-6-13(10-17)16(19)12-4-5-15(20-2)14(9-12)11-18/h4-5,9,13,16H,3,6-8,10,17H2,1-2H3. The summed E-state index contributed by atoms with van der Waals surface area (Å²) < 4.78 is 5.22. The van der Waals surface area contributed by atoms with Crippen molar-refractivity contribution >= 4 is 0 Å². The lowest BCUT2D eigenvalue weighted by atomic mass is 9.92. The van der Waals surface area contributed by atoms with Gasteiger partial charge in [0.15, 0.2) is 0 Å². The Labute approximate surface area is 121 Å². The van der Waals surface area contributed by atoms with Crippen LogP contribution in [0.25, 0.3) is 0 Å². The van der Waals surface area contributed by atoms with Gasteiger partial charge in [0.1, 0.15) is 11.8 Å². The average molecular weight is 273 g/mol. The lowest BCUT2D eigenvalue weighted by molar-refractivity contribution is 0.230. The summed E-state index contributed by atoms with van der Waals surface area (Å²) in [6.45, 7) is 5.06. The zero-order chi connectivity index (χ0) is 14.5. The molecule has 1 aromatic rings. The van der Waals surface area contributed by atoms with Gasteiger partial charge in [0, 0.05) is 6.04 Å². The van der Waals surface area contributed by atoms with Crippen molar-refractivity contribution in [3.63, 3.8) is 0 Å². The van der Waals surface area contributed by atoms with Gasteiger partial charge in [-0.1, -0.05) is 13.0 Å². The second-order valence-corrected chi connectivity index (χ2v) is 5.34. The monoisotopic (exact) mass is 273 g/mol. The van der Waals surface area contributed by atoms with Crippen LogP contribution in [0.3, 0.4) is 0 Å². The molecule has 0 spiro atoms. The molecular weight excluding hydrogens is 250 g/mol. The minimum atomic E-state index is 0.331. The molecule has 2 unspecified atom stereocenters. The number of benzene rings is 1. The van der Waals surface area contributed by atoms with Crippen molar-refractivity contribution < 1.29 is 4.74 Å². The fourth-order valence-electron chi connectivity index (χ4n) is 3.19. The normalized spacial score (nSPS) is 22.7. The van der Waals surface area contributed by atoms with E-state index < -0.39 is 0 Å². The first kappa shape index (κ1) is 14.8. The van der Waals surface area contributed by atoms with Crippen molar-refractivity contribution in [1.82, 2.24) is 4.90 Å². The molecule has 0 aromatic heterocycles. The Morgan fingerprint density at radius 1 is 1.50 bits per heavy atom. The maximum absolute atomic E-state index is 9.24. The number of rotatable bonds is 5. The molecule has 108 valence electrons. The molecule has 4 nitrogen and oxygen atoms in total. The number of nitrogens with two attached hydrogens (primary N) is 1. The SMILES string of the molecule is CCCN1CCC(CN)C1c1ccc(OC)c(C#N)c1. The number of nitriles is 1. The Morgan fingerprint density at radius 3 is 2.90 bits per heavy atom. The van der Waals surface area contributed by atoms with Crippen LogP contribution >= 0.6 is 0 Å². The van der Waals surface area contributed by atoms with E-state index in [0.717, 1.165) is 25.9 Å². The molecule has 1 fully saturated rings. The molecule has 2 N–H and O–H groups in total. The van der Waals surface area contributed by atoms with Gasteiger partial charge in [-0.25, -0.2) is 0 Å². The van der Waals surface area contributed by atoms with Crippen LogP contribution < -0.4 is 10.5 Å². The third-order valence-electron chi connectivity index (χ3n) is 4.13. The maximum Gasteiger partial charge on any atom is 0.136 e. The van der Waals surface area contributed by atoms with Gasteiger partial charge in [0.05, 0.1) is 12.7 Å². The smallest absolute Gasteiger partial charge is 0.136 e. The van der Waals surface area contributed by atoms with E-state index in [-0.39, 0.29) is 0 Å². The Hall–Kier alpha value is -1.57. The highest BCUT2D eigenvalue weighted by molar-refractivity contribution is 5.46. The molecule has 2 atom stereocenters. The third-order valence-corrected chi connectivity index (χ3v) is 4.13. The number of hydrogen-bond donors (Lipinski definition) is 1. The number of hydrogen-bond acceptors (Lipinski definition) is 4. The second kappa shape index (κ2) is 6.74. The summed E-state index contributed by atoms with van der Waals surface area (Å²) in [4.78, 5) is 2.49. The summed E-state index contributed by atoms with van der Waals surface area (Å²) in [5, 5.41) is 9.24. The predicted molar refractivity (Wildman–Crippen MR) is 79.5 cm³/mol. The third kappa shape index (κ3) is 2.79. The molecule has 0 aliphatic carbocycles. The van der Waals surface area contributed by atoms with Gasteiger partial charge >= 0.3 is 0 Å². The van der Waals surface area contributed by atoms with Crippen LogP contribution in [0.5, 0.6) is 5.75 Å². The van der Waals surface area contributed by atoms with Crippen LogP contribution in [0.4, 0.5) is 0 Å². The molecule has 1 aliphatic heterocycles. The summed E-state index contributed by atoms with van der Waals surface area (Å²) in [7, 11) is 1.59. The van der Waals surface area contributed by atoms with Gasteiger partial charge in [-0.3, -0.25) is 4.90 Å². The van der Waals surface area contributed by atoms with E-state index in [1.54, 1.807) is 7.11 Å². The zero-order valence-electron chi connectivity index (χ0n) is 12.3. The van der Waals surface area contributed by atoms with E-state index in [4.69, 9.17) is 10.5 Å². The van der Waals surface area contributed by atoms with Crippen LogP contribution in [0, 0.1) is 17.2 Å². The molecule has 1 saturated heterocycles. The van der Waals surface area contributed by atoms with Crippen molar-refractivity contribution in [3.8, 4) is 11.8 Å². The van der Waals surface area contributed by atoms with Gasteiger partial charge in [-0.05, 0) is 56.1 Å². The molecule has 1 aromatic carbocycles. The van der Waals surface area contributed by atoms with E-state index in [2.05, 4.69) is 24.0 Å². The molecule has 0 radical (unpaired) electrons. The molecule has 1 heterocycles. The van der Waals surface area contributed by atoms with Crippen LogP contribution in [0.1, 0.15) is 36.9 Å². The number of likely N-dealkylation sites (tertiary alicyclic amines) is 1. The van der Waals surface area contributed by atoms with Gasteiger partial charge < -0.3 is 10.5 Å². The largest absolute Gasteiger partial charge is 0.495 e. The Bertz CT molecular complexity index is 495. The lowest BCUT2D eigenvalue weighted by Gasteiger charge is -2.28. The summed E-state index contributed by atoms with van der Waals surface area (Å²) >= 11 is 0. The van der Waals surface area contributed by atoms with E-state index in [1.807, 2.05) is 12.1 Å². The van der Waals surface area contributed by atoms with E-state index in [0.29, 0.717) is 29.8 Å². The summed E-state index contributed by atoms with van der Waals surface area (Å²) in [6, 6.07) is 8.47. The lowest BCUT2D eigenvalue weighted by Crippen LogP contribution is -2.29. The van der Waals surface area contributed by atoms with Crippen molar-refractivity contribution in [3.05, 3.63) is 29.3 Å². The number of methoxy groups -OCH3 is 1. The molecule has 0 bridgehead atoms. The highest BCUT2D eigenvalue weighted by Crippen LogP contribution is 2.38. The highest BCUT2D eigenvalue weighted by atomic mass is 16.5. The minimum Gasteiger partial charge on any atom is -0.495 e. The first-order valence-corrected chi connectivity index (χ1v) is 7.27. The summed E-state index contributed by atoms with van der Waals surface area (Å²) in [5.41, 5.74) is 7.72. The predicted octanol–water partition coefficient (Wildman–Crippen LogP) is 2.30. The molecule has 2 rings (SSSR count). The van der Waals surface area contributed by atoms with Crippen LogP contribution in [-0.2, 0) is 0 Å². The Morgan fingerprint density at radius 2 is 2.30 bits per heavy atom. The number of nitrogens with zero attached hydrogens (tertiary/aromatic N) is 2. The fraction of sp³-hybridized carbons (Fsp3) is 0.562. The van der Waals surface area contributed by atoms with Gasteiger partial charge in [-0.15, -0.1) is 0 Å². The van der Waals surface area contributed by atoms with E-state index in [9.17, 15) is 5.26 Å². The minimum absolute atomic E-state index is 0.331. The highest BCUT2D eigenvalue weighted by Gasteiger charge is 2.34.